The molecule has 0 saturated heterocycles. The van der Waals surface area contributed by atoms with E-state index in [1.165, 1.54) is 0 Å². The first-order valence-corrected chi connectivity index (χ1v) is 9.29. The lowest BCUT2D eigenvalue weighted by atomic mass is 10.2. The number of hydrogen-bond donors (Lipinski definition) is 1. The molecule has 0 aliphatic heterocycles. The van der Waals surface area contributed by atoms with Crippen molar-refractivity contribution in [2.75, 3.05) is 19.8 Å². The lowest BCUT2D eigenvalue weighted by Crippen LogP contribution is -2.43. The summed E-state index contributed by atoms with van der Waals surface area (Å²) in [4.78, 5) is 0. The van der Waals surface area contributed by atoms with Gasteiger partial charge < -0.3 is 14.6 Å². The predicted octanol–water partition coefficient (Wildman–Crippen LogP) is 3.00. The molecule has 0 aliphatic carbocycles. The normalized spacial score (nSPS) is 14.6. The summed E-state index contributed by atoms with van der Waals surface area (Å²) in [5.74, 6) is 1.58. The Kier molecular flexibility index (Phi) is 8.29. The van der Waals surface area contributed by atoms with Gasteiger partial charge in [0.15, 0.2) is 0 Å². The van der Waals surface area contributed by atoms with Crippen LogP contribution in [-0.4, -0.2) is 28.3 Å². The van der Waals surface area contributed by atoms with E-state index in [9.17, 15) is 0 Å². The highest BCUT2D eigenvalue weighted by molar-refractivity contribution is 6.66. The van der Waals surface area contributed by atoms with Gasteiger partial charge in [0.1, 0.15) is 0 Å². The van der Waals surface area contributed by atoms with E-state index >= 15 is 0 Å². The molecule has 0 aliphatic rings. The number of rotatable bonds is 9. The van der Waals surface area contributed by atoms with Gasteiger partial charge in [-0.25, -0.2) is 0 Å². The van der Waals surface area contributed by atoms with Crippen LogP contribution in [0.2, 0.25) is 12.6 Å². The highest BCUT2D eigenvalue weighted by Crippen LogP contribution is 2.21. The van der Waals surface area contributed by atoms with E-state index < -0.39 is 8.56 Å². The van der Waals surface area contributed by atoms with E-state index in [2.05, 4.69) is 41.2 Å². The number of hydrogen-bond acceptors (Lipinski definition) is 3. The zero-order valence-corrected chi connectivity index (χ0v) is 13.5. The summed E-state index contributed by atoms with van der Waals surface area (Å²) in [6.07, 6.45) is 0. The molecular formula is C13H31NO2Si. The summed E-state index contributed by atoms with van der Waals surface area (Å²) >= 11 is 0. The van der Waals surface area contributed by atoms with Crippen LogP contribution in [0.3, 0.4) is 0 Å². The second kappa shape index (κ2) is 8.24. The molecule has 0 heterocycles. The minimum Gasteiger partial charge on any atom is -0.394 e. The van der Waals surface area contributed by atoms with Crippen LogP contribution >= 0.6 is 0 Å². The molecule has 2 N–H and O–H groups in total. The Balaban J connectivity index is 4.33. The van der Waals surface area contributed by atoms with E-state index in [-0.39, 0.29) is 0 Å². The maximum atomic E-state index is 6.08. The van der Waals surface area contributed by atoms with Crippen molar-refractivity contribution < 1.29 is 8.85 Å². The van der Waals surface area contributed by atoms with Crippen LogP contribution in [0.25, 0.3) is 0 Å². The third-order valence-corrected chi connectivity index (χ3v) is 5.56. The molecule has 0 aromatic carbocycles. The Morgan fingerprint density at radius 2 is 1.35 bits per heavy atom. The molecule has 3 nitrogen and oxygen atoms in total. The maximum Gasteiger partial charge on any atom is 0.335 e. The number of nitrogens with two attached hydrogens (primary N) is 1. The maximum absolute atomic E-state index is 6.08. The Hall–Kier alpha value is 0.0969. The fourth-order valence-corrected chi connectivity index (χ4v) is 4.69. The van der Waals surface area contributed by atoms with Crippen molar-refractivity contribution in [3.05, 3.63) is 0 Å². The van der Waals surface area contributed by atoms with Gasteiger partial charge in [0.25, 0.3) is 0 Å². The highest BCUT2D eigenvalue weighted by Gasteiger charge is 2.33. The van der Waals surface area contributed by atoms with Gasteiger partial charge in [-0.05, 0) is 36.9 Å². The van der Waals surface area contributed by atoms with Gasteiger partial charge in [-0.3, -0.25) is 0 Å². The Bertz CT molecular complexity index is 186. The van der Waals surface area contributed by atoms with Crippen LogP contribution < -0.4 is 5.73 Å². The second-order valence-corrected chi connectivity index (χ2v) is 9.34. The minimum absolute atomic E-state index is 0.478. The molecule has 0 bridgehead atoms. The van der Waals surface area contributed by atoms with Crippen LogP contribution in [0.15, 0.2) is 0 Å². The fraction of sp³-hybridized carbons (Fsp3) is 1.00. The molecule has 0 amide bonds. The third kappa shape index (κ3) is 8.77. The first-order valence-electron chi connectivity index (χ1n) is 6.77. The summed E-state index contributed by atoms with van der Waals surface area (Å²) in [6, 6.07) is 0.989. The lowest BCUT2D eigenvalue weighted by molar-refractivity contribution is 0.139. The molecule has 104 valence electrons. The van der Waals surface area contributed by atoms with E-state index in [1.54, 1.807) is 0 Å². The first-order chi connectivity index (χ1) is 7.79. The standard InChI is InChI=1S/C13H31NO2Si/c1-11(2)8-15-17(6,10-13(5)7-14)16-9-12(3)4/h11-13H,7-10,14H2,1-6H3. The average Bonchev–Trinajstić information content (AvgIpc) is 2.24. The quantitative estimate of drug-likeness (QED) is 0.649. The van der Waals surface area contributed by atoms with Crippen molar-refractivity contribution >= 4 is 8.56 Å². The van der Waals surface area contributed by atoms with Crippen molar-refractivity contribution in [2.45, 2.75) is 47.2 Å². The monoisotopic (exact) mass is 261 g/mol. The fourth-order valence-electron chi connectivity index (χ4n) is 1.56. The van der Waals surface area contributed by atoms with Gasteiger partial charge >= 0.3 is 8.56 Å². The van der Waals surface area contributed by atoms with Crippen LogP contribution in [0.1, 0.15) is 34.6 Å². The van der Waals surface area contributed by atoms with Gasteiger partial charge in [0.2, 0.25) is 0 Å². The smallest absolute Gasteiger partial charge is 0.335 e. The van der Waals surface area contributed by atoms with Crippen LogP contribution in [0, 0.1) is 17.8 Å². The summed E-state index contributed by atoms with van der Waals surface area (Å²) in [5, 5.41) is 0. The molecule has 17 heavy (non-hydrogen) atoms. The predicted molar refractivity (Wildman–Crippen MR) is 76.2 cm³/mol. The Morgan fingerprint density at radius 1 is 0.941 bits per heavy atom. The molecule has 0 aromatic heterocycles. The van der Waals surface area contributed by atoms with Gasteiger partial charge in [0, 0.05) is 13.2 Å². The average molecular weight is 261 g/mol. The molecule has 0 rings (SSSR count). The Labute approximate surface area is 108 Å². The summed E-state index contributed by atoms with van der Waals surface area (Å²) in [6.45, 7) is 15.3. The van der Waals surface area contributed by atoms with Crippen molar-refractivity contribution in [2.24, 2.45) is 23.5 Å². The van der Waals surface area contributed by atoms with Gasteiger partial charge in [-0.2, -0.15) is 0 Å². The molecule has 0 saturated carbocycles. The molecule has 0 fully saturated rings. The van der Waals surface area contributed by atoms with Crippen LogP contribution in [-0.2, 0) is 8.85 Å². The highest BCUT2D eigenvalue weighted by atomic mass is 28.4. The van der Waals surface area contributed by atoms with Crippen LogP contribution in [0.4, 0.5) is 0 Å². The summed E-state index contributed by atoms with van der Waals surface area (Å²) < 4.78 is 12.2. The SMILES string of the molecule is CC(C)CO[Si](C)(CC(C)CN)OCC(C)C. The van der Waals surface area contributed by atoms with Gasteiger partial charge in [-0.15, -0.1) is 0 Å². The van der Waals surface area contributed by atoms with Crippen molar-refractivity contribution in [3.8, 4) is 0 Å². The molecule has 1 atom stereocenters. The summed E-state index contributed by atoms with van der Waals surface area (Å²) in [7, 11) is -2.04. The zero-order valence-electron chi connectivity index (χ0n) is 12.5. The second-order valence-electron chi connectivity index (χ2n) is 6.09. The van der Waals surface area contributed by atoms with Gasteiger partial charge in [-0.1, -0.05) is 34.6 Å². The van der Waals surface area contributed by atoms with Crippen molar-refractivity contribution in [3.63, 3.8) is 0 Å². The Morgan fingerprint density at radius 3 is 1.65 bits per heavy atom. The molecule has 0 aromatic rings. The van der Waals surface area contributed by atoms with E-state index in [0.717, 1.165) is 19.3 Å². The third-order valence-electron chi connectivity index (χ3n) is 2.57. The molecule has 0 spiro atoms. The minimum atomic E-state index is -2.04. The first kappa shape index (κ1) is 17.1. The van der Waals surface area contributed by atoms with Gasteiger partial charge in [0.05, 0.1) is 0 Å². The topological polar surface area (TPSA) is 44.5 Å². The van der Waals surface area contributed by atoms with E-state index in [0.29, 0.717) is 24.3 Å². The molecular weight excluding hydrogens is 230 g/mol. The largest absolute Gasteiger partial charge is 0.394 e. The van der Waals surface area contributed by atoms with Crippen molar-refractivity contribution in [1.29, 1.82) is 0 Å². The van der Waals surface area contributed by atoms with E-state index in [1.807, 2.05) is 0 Å². The zero-order chi connectivity index (χ0) is 13.5. The molecule has 0 radical (unpaired) electrons. The summed E-state index contributed by atoms with van der Waals surface area (Å²) in [5.41, 5.74) is 5.70. The van der Waals surface area contributed by atoms with Crippen molar-refractivity contribution in [1.82, 2.24) is 0 Å². The van der Waals surface area contributed by atoms with Crippen LogP contribution in [0.5, 0.6) is 0 Å². The molecule has 4 heteroatoms. The van der Waals surface area contributed by atoms with E-state index in [4.69, 9.17) is 14.6 Å². The lowest BCUT2D eigenvalue weighted by Gasteiger charge is -2.30. The molecule has 1 unspecified atom stereocenters.